The van der Waals surface area contributed by atoms with Crippen LogP contribution in [0.15, 0.2) is 12.1 Å². The zero-order chi connectivity index (χ0) is 9.14. The Labute approximate surface area is 89.0 Å². The summed E-state index contributed by atoms with van der Waals surface area (Å²) in [5.41, 5.74) is 1.22. The zero-order valence-electron chi connectivity index (χ0n) is 5.94. The fourth-order valence-electron chi connectivity index (χ4n) is 0.806. The molecule has 0 heterocycles. The van der Waals surface area contributed by atoms with Crippen LogP contribution in [-0.2, 0) is 5.33 Å². The van der Waals surface area contributed by atoms with Gasteiger partial charge in [0.25, 0.3) is 0 Å². The van der Waals surface area contributed by atoms with E-state index in [-0.39, 0.29) is 0 Å². The van der Waals surface area contributed by atoms with E-state index in [1.165, 1.54) is 0 Å². The SMILES string of the molecule is N#Cc1ccc(Cl)c(CBr)c1Cl. The van der Waals surface area contributed by atoms with Gasteiger partial charge >= 0.3 is 0 Å². The highest BCUT2D eigenvalue weighted by Crippen LogP contribution is 2.29. The van der Waals surface area contributed by atoms with E-state index in [1.807, 2.05) is 6.07 Å². The number of benzene rings is 1. The molecule has 0 saturated heterocycles. The van der Waals surface area contributed by atoms with Gasteiger partial charge in [-0.3, -0.25) is 0 Å². The molecule has 0 N–H and O–H groups in total. The molecule has 0 aliphatic rings. The molecular weight excluding hydrogens is 261 g/mol. The van der Waals surface area contributed by atoms with E-state index in [9.17, 15) is 0 Å². The summed E-state index contributed by atoms with van der Waals surface area (Å²) in [6.07, 6.45) is 0. The maximum atomic E-state index is 8.64. The summed E-state index contributed by atoms with van der Waals surface area (Å²) in [7, 11) is 0. The summed E-state index contributed by atoms with van der Waals surface area (Å²) in [6, 6.07) is 5.26. The predicted molar refractivity (Wildman–Crippen MR) is 53.8 cm³/mol. The predicted octanol–water partition coefficient (Wildman–Crippen LogP) is 3.76. The molecule has 0 aromatic heterocycles. The van der Waals surface area contributed by atoms with Crippen molar-refractivity contribution in [3.8, 4) is 6.07 Å². The summed E-state index contributed by atoms with van der Waals surface area (Å²) >= 11 is 15.0. The lowest BCUT2D eigenvalue weighted by Gasteiger charge is -2.03. The highest BCUT2D eigenvalue weighted by Gasteiger charge is 2.08. The van der Waals surface area contributed by atoms with Crippen LogP contribution in [0.25, 0.3) is 0 Å². The van der Waals surface area contributed by atoms with Crippen LogP contribution in [0.2, 0.25) is 10.0 Å². The Morgan fingerprint density at radius 3 is 2.58 bits per heavy atom. The van der Waals surface area contributed by atoms with E-state index in [0.29, 0.717) is 20.9 Å². The first-order chi connectivity index (χ1) is 5.70. The summed E-state index contributed by atoms with van der Waals surface area (Å²) in [4.78, 5) is 0. The number of alkyl halides is 1. The molecule has 0 fully saturated rings. The second kappa shape index (κ2) is 4.13. The second-order valence-electron chi connectivity index (χ2n) is 2.13. The van der Waals surface area contributed by atoms with Gasteiger partial charge in [-0.1, -0.05) is 39.1 Å². The van der Waals surface area contributed by atoms with Crippen molar-refractivity contribution in [2.24, 2.45) is 0 Å². The van der Waals surface area contributed by atoms with Crippen LogP contribution in [0.5, 0.6) is 0 Å². The van der Waals surface area contributed by atoms with E-state index in [0.717, 1.165) is 5.56 Å². The van der Waals surface area contributed by atoms with Gasteiger partial charge in [0.15, 0.2) is 0 Å². The standard InChI is InChI=1S/C8H4BrCl2N/c9-3-6-7(10)2-1-5(4-12)8(6)11/h1-2H,3H2. The van der Waals surface area contributed by atoms with Crippen LogP contribution < -0.4 is 0 Å². The molecule has 0 unspecified atom stereocenters. The number of nitriles is 1. The molecule has 62 valence electrons. The Balaban J connectivity index is 3.36. The van der Waals surface area contributed by atoms with Crippen LogP contribution in [0.3, 0.4) is 0 Å². The van der Waals surface area contributed by atoms with Gasteiger partial charge in [0.05, 0.1) is 10.6 Å². The normalized spacial score (nSPS) is 9.50. The first kappa shape index (κ1) is 9.85. The average molecular weight is 265 g/mol. The molecule has 4 heteroatoms. The molecule has 0 amide bonds. The summed E-state index contributed by atoms with van der Waals surface area (Å²) in [5.74, 6) is 0. The Kier molecular flexibility index (Phi) is 3.39. The van der Waals surface area contributed by atoms with Crippen LogP contribution in [0, 0.1) is 11.3 Å². The van der Waals surface area contributed by atoms with Crippen molar-refractivity contribution in [1.29, 1.82) is 5.26 Å². The van der Waals surface area contributed by atoms with E-state index < -0.39 is 0 Å². The molecule has 0 radical (unpaired) electrons. The molecule has 1 aromatic carbocycles. The first-order valence-corrected chi connectivity index (χ1v) is 5.01. The number of halogens is 3. The minimum Gasteiger partial charge on any atom is -0.192 e. The summed E-state index contributed by atoms with van der Waals surface area (Å²) in [5, 5.41) is 10.2. The van der Waals surface area contributed by atoms with Crippen molar-refractivity contribution < 1.29 is 0 Å². The largest absolute Gasteiger partial charge is 0.192 e. The van der Waals surface area contributed by atoms with Gasteiger partial charge < -0.3 is 0 Å². The topological polar surface area (TPSA) is 23.8 Å². The van der Waals surface area contributed by atoms with Gasteiger partial charge in [-0.25, -0.2) is 0 Å². The number of nitrogens with zero attached hydrogens (tertiary/aromatic N) is 1. The van der Waals surface area contributed by atoms with Crippen molar-refractivity contribution in [2.45, 2.75) is 5.33 Å². The maximum Gasteiger partial charge on any atom is 0.101 e. The second-order valence-corrected chi connectivity index (χ2v) is 3.48. The zero-order valence-corrected chi connectivity index (χ0v) is 9.04. The fraction of sp³-hybridized carbons (Fsp3) is 0.125. The third-order valence-corrected chi connectivity index (χ3v) is 2.79. The molecule has 0 atom stereocenters. The minimum atomic E-state index is 0.432. The van der Waals surface area contributed by atoms with Gasteiger partial charge in [0.2, 0.25) is 0 Å². The molecule has 12 heavy (non-hydrogen) atoms. The third-order valence-electron chi connectivity index (χ3n) is 1.44. The lowest BCUT2D eigenvalue weighted by atomic mass is 10.1. The molecule has 1 nitrogen and oxygen atoms in total. The van der Waals surface area contributed by atoms with Gasteiger partial charge in [-0.05, 0) is 12.1 Å². The van der Waals surface area contributed by atoms with Crippen LogP contribution in [-0.4, -0.2) is 0 Å². The summed E-state index contributed by atoms with van der Waals surface area (Å²) < 4.78 is 0. The first-order valence-electron chi connectivity index (χ1n) is 3.13. The average Bonchev–Trinajstić information content (AvgIpc) is 2.06. The third kappa shape index (κ3) is 1.74. The van der Waals surface area contributed by atoms with Crippen molar-refractivity contribution in [3.05, 3.63) is 33.3 Å². The van der Waals surface area contributed by atoms with Crippen molar-refractivity contribution in [1.82, 2.24) is 0 Å². The number of hydrogen-bond acceptors (Lipinski definition) is 1. The van der Waals surface area contributed by atoms with Crippen LogP contribution in [0.4, 0.5) is 0 Å². The number of hydrogen-bond donors (Lipinski definition) is 0. The Morgan fingerprint density at radius 1 is 1.42 bits per heavy atom. The minimum absolute atomic E-state index is 0.432. The highest BCUT2D eigenvalue weighted by molar-refractivity contribution is 9.08. The van der Waals surface area contributed by atoms with E-state index >= 15 is 0 Å². The van der Waals surface area contributed by atoms with Gasteiger partial charge in [0.1, 0.15) is 6.07 Å². The quantitative estimate of drug-likeness (QED) is 0.709. The highest BCUT2D eigenvalue weighted by atomic mass is 79.9. The molecule has 0 bridgehead atoms. The lowest BCUT2D eigenvalue weighted by molar-refractivity contribution is 1.40. The molecule has 0 aliphatic heterocycles. The van der Waals surface area contributed by atoms with Gasteiger partial charge in [-0.2, -0.15) is 5.26 Å². The van der Waals surface area contributed by atoms with E-state index in [1.54, 1.807) is 12.1 Å². The van der Waals surface area contributed by atoms with E-state index in [2.05, 4.69) is 15.9 Å². The smallest absolute Gasteiger partial charge is 0.101 e. The molecule has 1 rings (SSSR count). The molecule has 0 spiro atoms. The number of rotatable bonds is 1. The molecule has 1 aromatic rings. The van der Waals surface area contributed by atoms with Crippen LogP contribution in [0.1, 0.15) is 11.1 Å². The van der Waals surface area contributed by atoms with Crippen LogP contribution >= 0.6 is 39.1 Å². The molecular formula is C8H4BrCl2N. The summed E-state index contributed by atoms with van der Waals surface area (Å²) in [6.45, 7) is 0. The Bertz CT molecular complexity index is 344. The monoisotopic (exact) mass is 263 g/mol. The van der Waals surface area contributed by atoms with E-state index in [4.69, 9.17) is 28.5 Å². The van der Waals surface area contributed by atoms with Crippen molar-refractivity contribution in [2.75, 3.05) is 0 Å². The lowest BCUT2D eigenvalue weighted by Crippen LogP contribution is -1.86. The molecule has 0 aliphatic carbocycles. The Hall–Kier alpha value is -0.230. The maximum absolute atomic E-state index is 8.64. The van der Waals surface area contributed by atoms with Crippen molar-refractivity contribution >= 4 is 39.1 Å². The van der Waals surface area contributed by atoms with Gasteiger partial charge in [0, 0.05) is 15.9 Å². The molecule has 0 saturated carbocycles. The van der Waals surface area contributed by atoms with Crippen molar-refractivity contribution in [3.63, 3.8) is 0 Å². The van der Waals surface area contributed by atoms with Gasteiger partial charge in [-0.15, -0.1) is 0 Å². The fourth-order valence-corrected chi connectivity index (χ4v) is 2.26. The Morgan fingerprint density at radius 2 is 2.08 bits per heavy atom.